The third kappa shape index (κ3) is 3.00. The molecular weight excluding hydrogens is 356 g/mol. The standard InChI is InChI=1S/C14H17BrN2O3S/c15-11-8-21-7-10(11)12(18)17-6-9-5-14(13(19)20-9)1-3-16-4-2-14/h7-9,16H,1-6H2,(H,17,18). The second-order valence-corrected chi connectivity index (χ2v) is 7.20. The summed E-state index contributed by atoms with van der Waals surface area (Å²) in [5.41, 5.74) is 0.296. The molecule has 0 saturated carbocycles. The minimum absolute atomic E-state index is 0.0973. The molecule has 7 heteroatoms. The van der Waals surface area contributed by atoms with E-state index in [1.807, 2.05) is 5.38 Å². The summed E-state index contributed by atoms with van der Waals surface area (Å²) in [5.74, 6) is -0.231. The van der Waals surface area contributed by atoms with Crippen molar-refractivity contribution in [2.75, 3.05) is 19.6 Å². The molecule has 114 valence electrons. The first-order valence-corrected chi connectivity index (χ1v) is 8.76. The van der Waals surface area contributed by atoms with Crippen molar-refractivity contribution in [1.29, 1.82) is 0 Å². The van der Waals surface area contributed by atoms with Gasteiger partial charge in [-0.2, -0.15) is 11.3 Å². The molecule has 0 aromatic carbocycles. The molecule has 1 unspecified atom stereocenters. The van der Waals surface area contributed by atoms with E-state index in [1.165, 1.54) is 11.3 Å². The second kappa shape index (κ2) is 6.06. The summed E-state index contributed by atoms with van der Waals surface area (Å²) in [4.78, 5) is 24.2. The zero-order chi connectivity index (χ0) is 14.9. The van der Waals surface area contributed by atoms with Crippen molar-refractivity contribution in [3.05, 3.63) is 20.8 Å². The highest BCUT2D eigenvalue weighted by Gasteiger charge is 2.49. The Morgan fingerprint density at radius 3 is 2.90 bits per heavy atom. The Balaban J connectivity index is 1.56. The Kier molecular flexibility index (Phi) is 4.33. The molecule has 0 bridgehead atoms. The van der Waals surface area contributed by atoms with Crippen LogP contribution in [-0.4, -0.2) is 37.6 Å². The van der Waals surface area contributed by atoms with Crippen LogP contribution >= 0.6 is 27.3 Å². The first-order valence-electron chi connectivity index (χ1n) is 7.02. The van der Waals surface area contributed by atoms with Crippen LogP contribution < -0.4 is 10.6 Å². The van der Waals surface area contributed by atoms with Crippen LogP contribution in [0, 0.1) is 5.41 Å². The number of rotatable bonds is 3. The highest BCUT2D eigenvalue weighted by molar-refractivity contribution is 9.10. The average Bonchev–Trinajstić information content (AvgIpc) is 3.02. The largest absolute Gasteiger partial charge is 0.460 e. The van der Waals surface area contributed by atoms with Crippen LogP contribution in [0.25, 0.3) is 0 Å². The maximum atomic E-state index is 12.1. The molecule has 2 aliphatic heterocycles. The Labute approximate surface area is 135 Å². The lowest BCUT2D eigenvalue weighted by molar-refractivity contribution is -0.149. The van der Waals surface area contributed by atoms with Gasteiger partial charge < -0.3 is 15.4 Å². The highest BCUT2D eigenvalue weighted by atomic mass is 79.9. The van der Waals surface area contributed by atoms with Crippen LogP contribution in [0.15, 0.2) is 15.2 Å². The van der Waals surface area contributed by atoms with Gasteiger partial charge in [-0.1, -0.05) is 0 Å². The third-order valence-corrected chi connectivity index (χ3v) is 5.94. The van der Waals surface area contributed by atoms with E-state index in [1.54, 1.807) is 5.38 Å². The summed E-state index contributed by atoms with van der Waals surface area (Å²) in [5, 5.41) is 9.79. The maximum absolute atomic E-state index is 12.1. The lowest BCUT2D eigenvalue weighted by Crippen LogP contribution is -2.39. The van der Waals surface area contributed by atoms with Crippen LogP contribution in [0.3, 0.4) is 0 Å². The molecule has 0 radical (unpaired) electrons. The van der Waals surface area contributed by atoms with Crippen molar-refractivity contribution in [3.63, 3.8) is 0 Å². The zero-order valence-corrected chi connectivity index (χ0v) is 13.9. The van der Waals surface area contributed by atoms with Gasteiger partial charge in [-0.05, 0) is 41.9 Å². The molecule has 0 aliphatic carbocycles. The SMILES string of the molecule is O=C(NCC1CC2(CCNCC2)C(=O)O1)c1cscc1Br. The van der Waals surface area contributed by atoms with Gasteiger partial charge in [0.1, 0.15) is 6.10 Å². The van der Waals surface area contributed by atoms with Gasteiger partial charge in [0.15, 0.2) is 0 Å². The molecule has 3 rings (SSSR count). The number of hydrogen-bond donors (Lipinski definition) is 2. The first kappa shape index (κ1) is 15.0. The lowest BCUT2D eigenvalue weighted by Gasteiger charge is -2.29. The van der Waals surface area contributed by atoms with E-state index in [0.717, 1.165) is 30.4 Å². The highest BCUT2D eigenvalue weighted by Crippen LogP contribution is 2.41. The number of thiophene rings is 1. The predicted molar refractivity (Wildman–Crippen MR) is 83.4 cm³/mol. The third-order valence-electron chi connectivity index (χ3n) is 4.24. The topological polar surface area (TPSA) is 67.4 Å². The van der Waals surface area contributed by atoms with Gasteiger partial charge >= 0.3 is 5.97 Å². The summed E-state index contributed by atoms with van der Waals surface area (Å²) >= 11 is 4.82. The van der Waals surface area contributed by atoms with Gasteiger partial charge in [0.2, 0.25) is 0 Å². The van der Waals surface area contributed by atoms with Crippen LogP contribution in [-0.2, 0) is 9.53 Å². The van der Waals surface area contributed by atoms with Crippen molar-refractivity contribution in [3.8, 4) is 0 Å². The van der Waals surface area contributed by atoms with E-state index in [-0.39, 0.29) is 23.4 Å². The number of cyclic esters (lactones) is 1. The summed E-state index contributed by atoms with van der Waals surface area (Å²) in [6.07, 6.45) is 2.15. The smallest absolute Gasteiger partial charge is 0.312 e. The number of hydrogen-bond acceptors (Lipinski definition) is 5. The van der Waals surface area contributed by atoms with Gasteiger partial charge in [0.05, 0.1) is 17.5 Å². The molecule has 2 fully saturated rings. The molecule has 3 heterocycles. The molecule has 1 atom stereocenters. The van der Waals surface area contributed by atoms with Crippen molar-refractivity contribution >= 4 is 39.1 Å². The van der Waals surface area contributed by atoms with Gasteiger partial charge in [-0.25, -0.2) is 0 Å². The molecule has 2 aliphatic rings. The molecule has 2 saturated heterocycles. The van der Waals surface area contributed by atoms with Gasteiger partial charge in [0.25, 0.3) is 5.91 Å². The van der Waals surface area contributed by atoms with E-state index in [9.17, 15) is 9.59 Å². The number of nitrogens with one attached hydrogen (secondary N) is 2. The number of halogens is 1. The Morgan fingerprint density at radius 2 is 2.24 bits per heavy atom. The minimum Gasteiger partial charge on any atom is -0.460 e. The van der Waals surface area contributed by atoms with Crippen molar-refractivity contribution in [2.24, 2.45) is 5.41 Å². The molecule has 21 heavy (non-hydrogen) atoms. The number of carbonyl (C=O) groups excluding carboxylic acids is 2. The normalized spacial score (nSPS) is 24.0. The molecule has 1 spiro atoms. The van der Waals surface area contributed by atoms with Gasteiger partial charge in [0, 0.05) is 21.7 Å². The number of piperidine rings is 1. The van der Waals surface area contributed by atoms with Crippen molar-refractivity contribution < 1.29 is 14.3 Å². The number of esters is 1. The van der Waals surface area contributed by atoms with Crippen LogP contribution in [0.4, 0.5) is 0 Å². The summed E-state index contributed by atoms with van der Waals surface area (Å²) in [7, 11) is 0. The summed E-state index contributed by atoms with van der Waals surface area (Å²) < 4.78 is 6.26. The van der Waals surface area contributed by atoms with Crippen molar-refractivity contribution in [1.82, 2.24) is 10.6 Å². The van der Waals surface area contributed by atoms with E-state index in [2.05, 4.69) is 26.6 Å². The van der Waals surface area contributed by atoms with Crippen LogP contribution in [0.2, 0.25) is 0 Å². The van der Waals surface area contributed by atoms with Crippen molar-refractivity contribution in [2.45, 2.75) is 25.4 Å². The van der Waals surface area contributed by atoms with E-state index >= 15 is 0 Å². The Hall–Kier alpha value is -0.920. The van der Waals surface area contributed by atoms with E-state index in [4.69, 9.17) is 4.74 Å². The molecule has 1 aromatic heterocycles. The van der Waals surface area contributed by atoms with Gasteiger partial charge in [-0.3, -0.25) is 9.59 Å². The molecule has 1 amide bonds. The fourth-order valence-electron chi connectivity index (χ4n) is 3.01. The zero-order valence-electron chi connectivity index (χ0n) is 11.5. The second-order valence-electron chi connectivity index (χ2n) is 5.61. The number of amides is 1. The average molecular weight is 373 g/mol. The number of carbonyl (C=O) groups is 2. The fraction of sp³-hybridized carbons (Fsp3) is 0.571. The lowest BCUT2D eigenvalue weighted by atomic mass is 9.76. The number of ether oxygens (including phenoxy) is 1. The van der Waals surface area contributed by atoms with Crippen LogP contribution in [0.5, 0.6) is 0 Å². The maximum Gasteiger partial charge on any atom is 0.312 e. The Bertz CT molecular complexity index is 554. The molecule has 2 N–H and O–H groups in total. The monoisotopic (exact) mass is 372 g/mol. The Morgan fingerprint density at radius 1 is 1.48 bits per heavy atom. The predicted octanol–water partition coefficient (Wildman–Crippen LogP) is 1.93. The summed E-state index contributed by atoms with van der Waals surface area (Å²) in [6.45, 7) is 2.09. The molecular formula is C14H17BrN2O3S. The molecule has 1 aromatic rings. The molecule has 5 nitrogen and oxygen atoms in total. The quantitative estimate of drug-likeness (QED) is 0.795. The summed E-state index contributed by atoms with van der Waals surface area (Å²) in [6, 6.07) is 0. The first-order chi connectivity index (χ1) is 10.1. The fourth-order valence-corrected chi connectivity index (χ4v) is 4.46. The minimum atomic E-state index is -0.330. The van der Waals surface area contributed by atoms with Gasteiger partial charge in [-0.15, -0.1) is 0 Å². The van der Waals surface area contributed by atoms with Crippen LogP contribution in [0.1, 0.15) is 29.6 Å². The van der Waals surface area contributed by atoms with E-state index < -0.39 is 0 Å². The van der Waals surface area contributed by atoms with E-state index in [0.29, 0.717) is 18.5 Å².